The molecule has 1 aliphatic rings. The normalized spacial score (nSPS) is 19.2. The van der Waals surface area contributed by atoms with Crippen molar-refractivity contribution in [3.63, 3.8) is 0 Å². The van der Waals surface area contributed by atoms with E-state index in [1.807, 2.05) is 0 Å². The minimum absolute atomic E-state index is 0.267. The summed E-state index contributed by atoms with van der Waals surface area (Å²) in [5.41, 5.74) is 0. The second-order valence-corrected chi connectivity index (χ2v) is 25.0. The summed E-state index contributed by atoms with van der Waals surface area (Å²) in [5.74, 6) is -0.688. The molecular formula is C68H135NO10. The van der Waals surface area contributed by atoms with Crippen LogP contribution < -0.4 is 5.32 Å². The zero-order valence-electron chi connectivity index (χ0n) is 52.1. The first kappa shape index (κ1) is 76.1. The van der Waals surface area contributed by atoms with Gasteiger partial charge in [-0.3, -0.25) is 4.79 Å². The Morgan fingerprint density at radius 1 is 0.392 bits per heavy atom. The van der Waals surface area contributed by atoms with E-state index in [4.69, 9.17) is 9.47 Å². The van der Waals surface area contributed by atoms with Gasteiger partial charge in [0.2, 0.25) is 5.91 Å². The highest BCUT2D eigenvalue weighted by atomic mass is 16.7. The first-order valence-corrected chi connectivity index (χ1v) is 34.9. The van der Waals surface area contributed by atoms with Crippen LogP contribution in [-0.4, -0.2) is 110 Å². The number of aliphatic hydroxyl groups is 7. The summed E-state index contributed by atoms with van der Waals surface area (Å²) >= 11 is 0. The zero-order chi connectivity index (χ0) is 57.5. The van der Waals surface area contributed by atoms with Crippen LogP contribution in [-0.2, 0) is 14.3 Å². The van der Waals surface area contributed by atoms with Crippen molar-refractivity contribution < 1.29 is 50.0 Å². The zero-order valence-corrected chi connectivity index (χ0v) is 52.1. The Labute approximate surface area is 488 Å². The van der Waals surface area contributed by atoms with E-state index >= 15 is 0 Å². The van der Waals surface area contributed by atoms with Crippen molar-refractivity contribution in [2.45, 2.75) is 416 Å². The van der Waals surface area contributed by atoms with E-state index in [-0.39, 0.29) is 6.42 Å². The molecule has 1 saturated heterocycles. The van der Waals surface area contributed by atoms with Gasteiger partial charge in [0.25, 0.3) is 0 Å². The Balaban J connectivity index is 2.08. The second kappa shape index (κ2) is 57.5. The average Bonchev–Trinajstić information content (AvgIpc) is 3.45. The molecule has 1 aliphatic heterocycles. The van der Waals surface area contributed by atoms with Gasteiger partial charge < -0.3 is 50.5 Å². The predicted molar refractivity (Wildman–Crippen MR) is 330 cm³/mol. The van der Waals surface area contributed by atoms with Crippen LogP contribution in [0, 0.1) is 0 Å². The van der Waals surface area contributed by atoms with E-state index in [0.29, 0.717) is 19.3 Å². The molecule has 9 atom stereocenters. The molecule has 11 heteroatoms. The van der Waals surface area contributed by atoms with Crippen molar-refractivity contribution in [1.29, 1.82) is 0 Å². The minimum atomic E-state index is -1.66. The van der Waals surface area contributed by atoms with Crippen LogP contribution in [0.4, 0.5) is 0 Å². The fraction of sp³-hybridized carbons (Fsp3) is 0.985. The maximum atomic E-state index is 13.2. The van der Waals surface area contributed by atoms with Gasteiger partial charge in [-0.1, -0.05) is 348 Å². The lowest BCUT2D eigenvalue weighted by Gasteiger charge is -2.40. The van der Waals surface area contributed by atoms with E-state index in [2.05, 4.69) is 19.2 Å². The van der Waals surface area contributed by atoms with Crippen molar-refractivity contribution in [2.75, 3.05) is 13.2 Å². The van der Waals surface area contributed by atoms with Gasteiger partial charge in [0.05, 0.1) is 25.4 Å². The number of ether oxygens (including phenoxy) is 2. The molecule has 0 spiro atoms. The molecule has 0 aromatic carbocycles. The highest BCUT2D eigenvalue weighted by molar-refractivity contribution is 5.80. The average molecular weight is 1130 g/mol. The molecule has 1 fully saturated rings. The van der Waals surface area contributed by atoms with E-state index < -0.39 is 74.2 Å². The van der Waals surface area contributed by atoms with Crippen molar-refractivity contribution in [1.82, 2.24) is 5.32 Å². The molecule has 1 rings (SSSR count). The van der Waals surface area contributed by atoms with Gasteiger partial charge in [0.15, 0.2) is 6.29 Å². The van der Waals surface area contributed by atoms with Crippen LogP contribution >= 0.6 is 0 Å². The number of rotatable bonds is 62. The molecule has 9 unspecified atom stereocenters. The smallest absolute Gasteiger partial charge is 0.249 e. The van der Waals surface area contributed by atoms with Crippen LogP contribution in [0.1, 0.15) is 361 Å². The number of carbonyl (C=O) groups excluding carboxylic acids is 1. The quantitative estimate of drug-likeness (QED) is 0.0272. The Morgan fingerprint density at radius 2 is 0.658 bits per heavy atom. The summed E-state index contributed by atoms with van der Waals surface area (Å²) in [6, 6.07) is -1.16. The lowest BCUT2D eigenvalue weighted by molar-refractivity contribution is -0.303. The molecule has 0 saturated carbocycles. The molecule has 0 aromatic rings. The van der Waals surface area contributed by atoms with Gasteiger partial charge in [-0.05, 0) is 12.8 Å². The minimum Gasteiger partial charge on any atom is -0.394 e. The van der Waals surface area contributed by atoms with Gasteiger partial charge in [0, 0.05) is 0 Å². The molecule has 11 nitrogen and oxygen atoms in total. The van der Waals surface area contributed by atoms with Crippen LogP contribution in [0.5, 0.6) is 0 Å². The molecule has 1 heterocycles. The van der Waals surface area contributed by atoms with Gasteiger partial charge in [0.1, 0.15) is 36.6 Å². The Bertz CT molecular complexity index is 1250. The van der Waals surface area contributed by atoms with Gasteiger partial charge in [-0.2, -0.15) is 0 Å². The predicted octanol–water partition coefficient (Wildman–Crippen LogP) is 16.5. The first-order valence-electron chi connectivity index (χ1n) is 34.9. The number of carbonyl (C=O) groups is 1. The lowest BCUT2D eigenvalue weighted by Crippen LogP contribution is -2.60. The molecule has 8 N–H and O–H groups in total. The molecular weight excluding hydrogens is 991 g/mol. The third kappa shape index (κ3) is 45.2. The molecule has 0 aromatic heterocycles. The number of hydrogen-bond acceptors (Lipinski definition) is 10. The summed E-state index contributed by atoms with van der Waals surface area (Å²) < 4.78 is 11.2. The summed E-state index contributed by atoms with van der Waals surface area (Å²) in [6.07, 6.45) is 57.9. The van der Waals surface area contributed by atoms with Gasteiger partial charge in [-0.25, -0.2) is 0 Å². The standard InChI is InChI=1S/C68H135NO10/c1-3-5-7-9-11-13-15-17-19-20-21-22-23-24-25-26-27-28-29-30-31-32-33-34-35-36-37-38-39-40-41-42-44-46-48-50-52-54-56-61(72)67(77)69-59(58-78-68-66(76)65(75)64(74)62(57-70)79-68)63(73)60(71)55-53-51-49-47-45-43-18-16-14-12-10-8-6-4-2/h59-66,68,70-76H,3-58H2,1-2H3,(H,69,77). The van der Waals surface area contributed by atoms with Crippen molar-refractivity contribution in [3.05, 3.63) is 0 Å². The monoisotopic (exact) mass is 1130 g/mol. The maximum absolute atomic E-state index is 13.2. The van der Waals surface area contributed by atoms with E-state index in [0.717, 1.165) is 38.5 Å². The molecule has 472 valence electrons. The lowest BCUT2D eigenvalue weighted by atomic mass is 9.98. The summed E-state index contributed by atoms with van der Waals surface area (Å²) in [5, 5.41) is 76.3. The number of unbranched alkanes of at least 4 members (excludes halogenated alkanes) is 50. The summed E-state index contributed by atoms with van der Waals surface area (Å²) in [4.78, 5) is 13.2. The largest absolute Gasteiger partial charge is 0.394 e. The third-order valence-corrected chi connectivity index (χ3v) is 17.4. The topological polar surface area (TPSA) is 189 Å². The van der Waals surface area contributed by atoms with Crippen molar-refractivity contribution in [2.24, 2.45) is 0 Å². The molecule has 0 aliphatic carbocycles. The third-order valence-electron chi connectivity index (χ3n) is 17.4. The van der Waals surface area contributed by atoms with Crippen LogP contribution in [0.3, 0.4) is 0 Å². The van der Waals surface area contributed by atoms with Crippen LogP contribution in [0.2, 0.25) is 0 Å². The van der Waals surface area contributed by atoms with Crippen LogP contribution in [0.25, 0.3) is 0 Å². The van der Waals surface area contributed by atoms with Gasteiger partial charge >= 0.3 is 0 Å². The fourth-order valence-corrected chi connectivity index (χ4v) is 11.8. The molecule has 79 heavy (non-hydrogen) atoms. The van der Waals surface area contributed by atoms with E-state index in [1.165, 1.54) is 283 Å². The SMILES string of the molecule is CCCCCCCCCCCCCCCCCCCCCCCCCCCCCCCCCCCCCCCCC(O)C(=O)NC(COC1OC(CO)C(O)C(O)C1O)C(O)C(O)CCCCCCCCCCCCCCCC. The number of aliphatic hydroxyl groups excluding tert-OH is 7. The second-order valence-electron chi connectivity index (χ2n) is 25.0. The number of nitrogens with one attached hydrogen (secondary N) is 1. The van der Waals surface area contributed by atoms with E-state index in [1.54, 1.807) is 0 Å². The number of hydrogen-bond donors (Lipinski definition) is 8. The molecule has 0 bridgehead atoms. The maximum Gasteiger partial charge on any atom is 0.249 e. The highest BCUT2D eigenvalue weighted by Gasteiger charge is 2.44. The Kier molecular flexibility index (Phi) is 55.4. The Morgan fingerprint density at radius 3 is 0.937 bits per heavy atom. The van der Waals surface area contributed by atoms with Gasteiger partial charge in [-0.15, -0.1) is 0 Å². The Hall–Kier alpha value is -0.890. The van der Waals surface area contributed by atoms with Crippen LogP contribution in [0.15, 0.2) is 0 Å². The van der Waals surface area contributed by atoms with Crippen molar-refractivity contribution in [3.8, 4) is 0 Å². The van der Waals surface area contributed by atoms with E-state index in [9.17, 15) is 40.5 Å². The molecule has 1 amide bonds. The number of amides is 1. The first-order chi connectivity index (χ1) is 38.7. The fourth-order valence-electron chi connectivity index (χ4n) is 11.8. The summed E-state index contributed by atoms with van der Waals surface area (Å²) in [6.45, 7) is 3.50. The highest BCUT2D eigenvalue weighted by Crippen LogP contribution is 2.24. The summed E-state index contributed by atoms with van der Waals surface area (Å²) in [7, 11) is 0. The molecule has 0 radical (unpaired) electrons. The van der Waals surface area contributed by atoms with Crippen molar-refractivity contribution >= 4 is 5.91 Å².